The van der Waals surface area contributed by atoms with E-state index in [1.165, 1.54) is 11.1 Å². The van der Waals surface area contributed by atoms with Gasteiger partial charge >= 0.3 is 0 Å². The molecule has 0 saturated carbocycles. The van der Waals surface area contributed by atoms with Gasteiger partial charge in [0.25, 0.3) is 0 Å². The molecule has 0 fully saturated rings. The van der Waals surface area contributed by atoms with E-state index in [0.29, 0.717) is 18.8 Å². The van der Waals surface area contributed by atoms with Crippen LogP contribution in [0.1, 0.15) is 43.4 Å². The summed E-state index contributed by atoms with van der Waals surface area (Å²) < 4.78 is 5.22. The molecule has 0 heterocycles. The van der Waals surface area contributed by atoms with Crippen LogP contribution in [0.5, 0.6) is 5.75 Å². The van der Waals surface area contributed by atoms with Gasteiger partial charge in [-0.3, -0.25) is 9.59 Å². The molecule has 2 rings (SSSR count). The van der Waals surface area contributed by atoms with Gasteiger partial charge in [0.15, 0.2) is 0 Å². The van der Waals surface area contributed by atoms with Crippen LogP contribution in [0.4, 0.5) is 0 Å². The van der Waals surface area contributed by atoms with Gasteiger partial charge in [-0.05, 0) is 43.5 Å². The quantitative estimate of drug-likeness (QED) is 0.489. The molecule has 0 saturated heterocycles. The average molecular weight is 443 g/mol. The molecule has 0 bridgehead atoms. The molecule has 1 N–H and O–H groups in total. The van der Waals surface area contributed by atoms with E-state index < -0.39 is 6.04 Å². The van der Waals surface area contributed by atoms with Crippen LogP contribution in [0.15, 0.2) is 48.5 Å². The number of hydrogen-bond acceptors (Lipinski definition) is 4. The van der Waals surface area contributed by atoms with Crippen molar-refractivity contribution in [3.8, 4) is 5.75 Å². The van der Waals surface area contributed by atoms with Gasteiger partial charge in [0.2, 0.25) is 11.8 Å². The molecule has 0 aromatic heterocycles. The van der Waals surface area contributed by atoms with Crippen molar-refractivity contribution in [3.63, 3.8) is 0 Å². The molecular formula is C25H34N2O3S. The lowest BCUT2D eigenvalue weighted by Crippen LogP contribution is -2.48. The Balaban J connectivity index is 2.03. The van der Waals surface area contributed by atoms with Gasteiger partial charge in [-0.15, -0.1) is 11.8 Å². The number of carbonyl (C=O) groups excluding carboxylic acids is 2. The zero-order valence-electron chi connectivity index (χ0n) is 19.0. The summed E-state index contributed by atoms with van der Waals surface area (Å²) in [4.78, 5) is 27.4. The normalized spacial score (nSPS) is 11.6. The van der Waals surface area contributed by atoms with Gasteiger partial charge in [0, 0.05) is 18.8 Å². The SMILES string of the molecule is CCCCNC(=O)[C@H](C)N(Cc1ccc(OC)cc1)C(=O)CSCc1ccc(C)cc1. The highest BCUT2D eigenvalue weighted by Crippen LogP contribution is 2.18. The molecular weight excluding hydrogens is 408 g/mol. The maximum Gasteiger partial charge on any atom is 0.242 e. The third kappa shape index (κ3) is 8.29. The highest BCUT2D eigenvalue weighted by molar-refractivity contribution is 7.99. The second kappa shape index (κ2) is 13.1. The molecule has 2 aromatic carbocycles. The average Bonchev–Trinajstić information content (AvgIpc) is 2.78. The van der Waals surface area contributed by atoms with E-state index in [4.69, 9.17) is 4.74 Å². The van der Waals surface area contributed by atoms with E-state index in [1.54, 1.807) is 30.7 Å². The Bertz CT molecular complexity index is 822. The van der Waals surface area contributed by atoms with Crippen molar-refractivity contribution in [2.75, 3.05) is 19.4 Å². The fraction of sp³-hybridized carbons (Fsp3) is 0.440. The summed E-state index contributed by atoms with van der Waals surface area (Å²) in [5.74, 6) is 1.71. The van der Waals surface area contributed by atoms with Gasteiger partial charge in [-0.1, -0.05) is 55.3 Å². The number of rotatable bonds is 12. The second-order valence-electron chi connectivity index (χ2n) is 7.67. The van der Waals surface area contributed by atoms with E-state index in [2.05, 4.69) is 43.4 Å². The topological polar surface area (TPSA) is 58.6 Å². The fourth-order valence-electron chi connectivity index (χ4n) is 3.07. The van der Waals surface area contributed by atoms with Crippen LogP contribution in [0.25, 0.3) is 0 Å². The lowest BCUT2D eigenvalue weighted by atomic mass is 10.1. The number of aryl methyl sites for hydroxylation is 1. The van der Waals surface area contributed by atoms with Crippen molar-refractivity contribution in [3.05, 3.63) is 65.2 Å². The Kier molecular flexibility index (Phi) is 10.4. The zero-order valence-corrected chi connectivity index (χ0v) is 19.8. The summed E-state index contributed by atoms with van der Waals surface area (Å²) in [6, 6.07) is 15.4. The maximum absolute atomic E-state index is 13.1. The summed E-state index contributed by atoms with van der Waals surface area (Å²) in [6.07, 6.45) is 1.94. The van der Waals surface area contributed by atoms with Crippen LogP contribution in [0, 0.1) is 6.92 Å². The van der Waals surface area contributed by atoms with E-state index in [0.717, 1.165) is 29.9 Å². The van der Waals surface area contributed by atoms with E-state index >= 15 is 0 Å². The van der Waals surface area contributed by atoms with E-state index in [-0.39, 0.29) is 11.8 Å². The lowest BCUT2D eigenvalue weighted by molar-refractivity contribution is -0.138. The van der Waals surface area contributed by atoms with Gasteiger partial charge in [0.05, 0.1) is 12.9 Å². The van der Waals surface area contributed by atoms with E-state index in [1.807, 2.05) is 24.3 Å². The molecule has 2 aromatic rings. The third-order valence-corrected chi connectivity index (χ3v) is 6.11. The predicted molar refractivity (Wildman–Crippen MR) is 128 cm³/mol. The minimum Gasteiger partial charge on any atom is -0.497 e. The summed E-state index contributed by atoms with van der Waals surface area (Å²) in [7, 11) is 1.62. The Morgan fingerprint density at radius 1 is 1.06 bits per heavy atom. The first-order valence-electron chi connectivity index (χ1n) is 10.8. The highest BCUT2D eigenvalue weighted by atomic mass is 32.2. The van der Waals surface area contributed by atoms with Crippen molar-refractivity contribution < 1.29 is 14.3 Å². The standard InChI is InChI=1S/C25H34N2O3S/c1-5-6-15-26-25(29)20(3)27(16-21-11-13-23(30-4)14-12-21)24(28)18-31-17-22-9-7-19(2)8-10-22/h7-14,20H,5-6,15-18H2,1-4H3,(H,26,29)/t20-/m0/s1. The molecule has 1 atom stereocenters. The first kappa shape index (κ1) is 24.8. The molecule has 0 aliphatic carbocycles. The lowest BCUT2D eigenvalue weighted by Gasteiger charge is -2.29. The monoisotopic (exact) mass is 442 g/mol. The summed E-state index contributed by atoms with van der Waals surface area (Å²) >= 11 is 1.57. The number of thioether (sulfide) groups is 1. The maximum atomic E-state index is 13.1. The predicted octanol–water partition coefficient (Wildman–Crippen LogP) is 4.57. The molecule has 0 aliphatic rings. The molecule has 168 valence electrons. The number of unbranched alkanes of at least 4 members (excludes halogenated alkanes) is 1. The molecule has 0 aliphatic heterocycles. The highest BCUT2D eigenvalue weighted by Gasteiger charge is 2.25. The van der Waals surface area contributed by atoms with Gasteiger partial charge < -0.3 is 15.0 Å². The van der Waals surface area contributed by atoms with Crippen molar-refractivity contribution in [1.82, 2.24) is 10.2 Å². The molecule has 0 spiro atoms. The molecule has 0 radical (unpaired) electrons. The van der Waals surface area contributed by atoms with E-state index in [9.17, 15) is 9.59 Å². The minimum atomic E-state index is -0.536. The number of benzene rings is 2. The van der Waals surface area contributed by atoms with Crippen LogP contribution in [0.3, 0.4) is 0 Å². The number of hydrogen-bond donors (Lipinski definition) is 1. The summed E-state index contributed by atoms with van der Waals surface area (Å²) in [6.45, 7) is 6.96. The first-order chi connectivity index (χ1) is 14.9. The Morgan fingerprint density at radius 2 is 1.71 bits per heavy atom. The van der Waals surface area contributed by atoms with Crippen molar-refractivity contribution in [2.24, 2.45) is 0 Å². The molecule has 0 unspecified atom stereocenters. The van der Waals surface area contributed by atoms with Crippen LogP contribution in [0.2, 0.25) is 0 Å². The Morgan fingerprint density at radius 3 is 2.32 bits per heavy atom. The molecule has 5 nitrogen and oxygen atoms in total. The number of methoxy groups -OCH3 is 1. The van der Waals surface area contributed by atoms with Gasteiger partial charge in [0.1, 0.15) is 11.8 Å². The van der Waals surface area contributed by atoms with Crippen molar-refractivity contribution >= 4 is 23.6 Å². The van der Waals surface area contributed by atoms with Crippen LogP contribution >= 0.6 is 11.8 Å². The summed E-state index contributed by atoms with van der Waals surface area (Å²) in [5, 5.41) is 2.95. The smallest absolute Gasteiger partial charge is 0.242 e. The largest absolute Gasteiger partial charge is 0.497 e. The first-order valence-corrected chi connectivity index (χ1v) is 11.9. The Labute approximate surface area is 190 Å². The zero-order chi connectivity index (χ0) is 22.6. The number of amides is 2. The van der Waals surface area contributed by atoms with Crippen LogP contribution in [-0.4, -0.2) is 42.2 Å². The van der Waals surface area contributed by atoms with Crippen molar-refractivity contribution in [1.29, 1.82) is 0 Å². The third-order valence-electron chi connectivity index (χ3n) is 5.12. The van der Waals surface area contributed by atoms with Gasteiger partial charge in [-0.25, -0.2) is 0 Å². The molecule has 31 heavy (non-hydrogen) atoms. The fourth-order valence-corrected chi connectivity index (χ4v) is 3.94. The number of carbonyl (C=O) groups is 2. The van der Waals surface area contributed by atoms with Crippen molar-refractivity contribution in [2.45, 2.75) is 52.0 Å². The number of nitrogens with one attached hydrogen (secondary N) is 1. The van der Waals surface area contributed by atoms with Crippen LogP contribution < -0.4 is 10.1 Å². The molecule has 2 amide bonds. The van der Waals surface area contributed by atoms with Gasteiger partial charge in [-0.2, -0.15) is 0 Å². The second-order valence-corrected chi connectivity index (χ2v) is 8.65. The molecule has 6 heteroatoms. The summed E-state index contributed by atoms with van der Waals surface area (Å²) in [5.41, 5.74) is 3.37. The number of ether oxygens (including phenoxy) is 1. The minimum absolute atomic E-state index is 0.0360. The van der Waals surface area contributed by atoms with Crippen LogP contribution in [-0.2, 0) is 21.9 Å². The Hall–Kier alpha value is -2.47. The number of nitrogens with zero attached hydrogens (tertiary/aromatic N) is 1.